The highest BCUT2D eigenvalue weighted by molar-refractivity contribution is 9.10. The molecule has 1 aliphatic heterocycles. The molecule has 38 heavy (non-hydrogen) atoms. The Balaban J connectivity index is 1.96. The third kappa shape index (κ3) is 7.60. The van der Waals surface area contributed by atoms with E-state index in [1.165, 1.54) is 4.90 Å². The molecule has 10 nitrogen and oxygen atoms in total. The van der Waals surface area contributed by atoms with Gasteiger partial charge in [0.2, 0.25) is 5.15 Å². The van der Waals surface area contributed by atoms with Crippen LogP contribution in [0.4, 0.5) is 16.2 Å². The number of piperidine rings is 1. The van der Waals surface area contributed by atoms with Gasteiger partial charge in [-0.2, -0.15) is 0 Å². The smallest absolute Gasteiger partial charge is 0.410 e. The Labute approximate surface area is 239 Å². The number of anilines is 1. The lowest BCUT2D eigenvalue weighted by Gasteiger charge is -2.40. The van der Waals surface area contributed by atoms with Gasteiger partial charge < -0.3 is 19.7 Å². The van der Waals surface area contributed by atoms with Crippen LogP contribution in [0.2, 0.25) is 10.2 Å². The summed E-state index contributed by atoms with van der Waals surface area (Å²) >= 11 is 15.9. The number of amides is 1. The topological polar surface area (TPSA) is 124 Å². The number of hydrogen-bond donors (Lipinski definition) is 1. The van der Waals surface area contributed by atoms with Crippen LogP contribution in [-0.4, -0.2) is 56.7 Å². The average molecular weight is 634 g/mol. The summed E-state index contributed by atoms with van der Waals surface area (Å²) in [5, 5.41) is 15.7. The van der Waals surface area contributed by atoms with Crippen LogP contribution in [0.15, 0.2) is 16.6 Å². The van der Waals surface area contributed by atoms with Crippen LogP contribution < -0.4 is 5.32 Å². The summed E-state index contributed by atoms with van der Waals surface area (Å²) in [6.07, 6.45) is 0.145. The Hall–Kier alpha value is -2.37. The average Bonchev–Trinajstić information content (AvgIpc) is 2.72. The van der Waals surface area contributed by atoms with Gasteiger partial charge in [0, 0.05) is 28.5 Å². The fourth-order valence-electron chi connectivity index (χ4n) is 4.25. The van der Waals surface area contributed by atoms with Crippen molar-refractivity contribution in [1.82, 2.24) is 9.88 Å². The maximum absolute atomic E-state index is 13.0. The molecule has 1 amide bonds. The molecule has 2 aromatic rings. The summed E-state index contributed by atoms with van der Waals surface area (Å²) in [6, 6.07) is 2.30. The van der Waals surface area contributed by atoms with Crippen LogP contribution in [0.25, 0.3) is 10.9 Å². The van der Waals surface area contributed by atoms with Gasteiger partial charge in [-0.25, -0.2) is 9.78 Å². The van der Waals surface area contributed by atoms with E-state index >= 15 is 0 Å². The quantitative estimate of drug-likeness (QED) is 0.160. The lowest BCUT2D eigenvalue weighted by atomic mass is 9.94. The highest BCUT2D eigenvalue weighted by Crippen LogP contribution is 2.41. The molecule has 0 unspecified atom stereocenters. The zero-order chi connectivity index (χ0) is 28.6. The minimum Gasteiger partial charge on any atom is -0.460 e. The van der Waals surface area contributed by atoms with E-state index < -0.39 is 34.2 Å². The van der Waals surface area contributed by atoms with Gasteiger partial charge in [0.15, 0.2) is 0 Å². The molecule has 1 fully saturated rings. The molecule has 2 atom stereocenters. The number of pyridine rings is 1. The fraction of sp³-hybridized carbons (Fsp3) is 0.560. The second-order valence-electron chi connectivity index (χ2n) is 11.2. The van der Waals surface area contributed by atoms with Crippen molar-refractivity contribution in [2.45, 2.75) is 84.1 Å². The predicted molar refractivity (Wildman–Crippen MR) is 150 cm³/mol. The second kappa shape index (κ2) is 11.4. The molecule has 13 heteroatoms. The molecular weight excluding hydrogens is 603 g/mol. The minimum absolute atomic E-state index is 0.0621. The zero-order valence-electron chi connectivity index (χ0n) is 22.1. The highest BCUT2D eigenvalue weighted by Gasteiger charge is 2.37. The Morgan fingerprint density at radius 1 is 1.18 bits per heavy atom. The number of likely N-dealkylation sites (tertiary alicyclic amines) is 1. The third-order valence-corrected chi connectivity index (χ3v) is 7.12. The number of aromatic nitrogens is 1. The molecule has 1 saturated heterocycles. The molecule has 1 aliphatic rings. The standard InChI is InChI=1S/C25H31BrCl2N4O6/c1-24(2,3)37-19(33)10-14-9-13(7-8-31(14)23(34)38-25(4,5)6)29-20-15-11-17(27)16(26)12-18(15)30-22(28)21(20)32(35)36/h11-14H,7-10H2,1-6H3,(H,29,30)/t13-,14-/m0/s1. The van der Waals surface area contributed by atoms with Gasteiger partial charge >= 0.3 is 17.7 Å². The Bertz CT molecular complexity index is 1260. The van der Waals surface area contributed by atoms with Gasteiger partial charge in [0.25, 0.3) is 0 Å². The van der Waals surface area contributed by atoms with Crippen molar-refractivity contribution in [1.29, 1.82) is 0 Å². The van der Waals surface area contributed by atoms with Gasteiger partial charge in [-0.15, -0.1) is 0 Å². The van der Waals surface area contributed by atoms with Crippen LogP contribution in [0.5, 0.6) is 0 Å². The Morgan fingerprint density at radius 2 is 1.82 bits per heavy atom. The molecule has 0 aliphatic carbocycles. The van der Waals surface area contributed by atoms with Crippen molar-refractivity contribution in [3.05, 3.63) is 36.9 Å². The number of nitrogens with one attached hydrogen (secondary N) is 1. The van der Waals surface area contributed by atoms with Crippen LogP contribution in [-0.2, 0) is 14.3 Å². The number of ether oxygens (including phenoxy) is 2. The van der Waals surface area contributed by atoms with Crippen LogP contribution in [0, 0.1) is 10.1 Å². The normalized spacial score (nSPS) is 18.3. The van der Waals surface area contributed by atoms with E-state index in [0.29, 0.717) is 33.2 Å². The van der Waals surface area contributed by atoms with E-state index in [0.717, 1.165) is 0 Å². The lowest BCUT2D eigenvalue weighted by molar-refractivity contribution is -0.384. The van der Waals surface area contributed by atoms with E-state index in [-0.39, 0.29) is 35.5 Å². The van der Waals surface area contributed by atoms with Gasteiger partial charge in [0.05, 0.1) is 21.9 Å². The van der Waals surface area contributed by atoms with Gasteiger partial charge in [0.1, 0.15) is 16.9 Å². The summed E-state index contributed by atoms with van der Waals surface area (Å²) in [5.74, 6) is -0.461. The summed E-state index contributed by atoms with van der Waals surface area (Å²) in [4.78, 5) is 42.8. The molecule has 1 N–H and O–H groups in total. The van der Waals surface area contributed by atoms with Crippen LogP contribution in [0.3, 0.4) is 0 Å². The first-order valence-electron chi connectivity index (χ1n) is 12.1. The summed E-state index contributed by atoms with van der Waals surface area (Å²) in [7, 11) is 0. The molecule has 3 rings (SSSR count). The number of halogens is 3. The van der Waals surface area contributed by atoms with Crippen molar-refractivity contribution >= 4 is 73.5 Å². The molecule has 0 radical (unpaired) electrons. The number of nitro groups is 1. The maximum Gasteiger partial charge on any atom is 0.410 e. The first kappa shape index (κ1) is 30.2. The molecule has 208 valence electrons. The van der Waals surface area contributed by atoms with E-state index in [2.05, 4.69) is 26.2 Å². The highest BCUT2D eigenvalue weighted by atomic mass is 79.9. The van der Waals surface area contributed by atoms with Gasteiger partial charge in [-0.3, -0.25) is 14.9 Å². The Morgan fingerprint density at radius 3 is 2.39 bits per heavy atom. The first-order chi connectivity index (χ1) is 17.4. The molecule has 0 spiro atoms. The summed E-state index contributed by atoms with van der Waals surface area (Å²) in [6.45, 7) is 10.9. The number of carbonyl (C=O) groups is 2. The lowest BCUT2D eigenvalue weighted by Crippen LogP contribution is -2.51. The largest absolute Gasteiger partial charge is 0.460 e. The Kier molecular flexibility index (Phi) is 9.05. The molecule has 0 saturated carbocycles. The number of benzene rings is 1. The minimum atomic E-state index is -0.719. The van der Waals surface area contributed by atoms with Crippen molar-refractivity contribution in [2.24, 2.45) is 0 Å². The SMILES string of the molecule is CC(C)(C)OC(=O)C[C@@H]1C[C@@H](Nc2c([N+](=O)[O-])c(Cl)nc3cc(Br)c(Cl)cc23)CCN1C(=O)OC(C)(C)C. The van der Waals surface area contributed by atoms with Crippen LogP contribution >= 0.6 is 39.1 Å². The number of fused-ring (bicyclic) bond motifs is 1. The van der Waals surface area contributed by atoms with Crippen molar-refractivity contribution in [3.8, 4) is 0 Å². The molecule has 2 heterocycles. The molecule has 0 bridgehead atoms. The fourth-order valence-corrected chi connectivity index (χ4v) is 5.00. The van der Waals surface area contributed by atoms with Crippen LogP contribution in [0.1, 0.15) is 60.8 Å². The molecule has 1 aromatic heterocycles. The van der Waals surface area contributed by atoms with E-state index in [9.17, 15) is 19.7 Å². The van der Waals surface area contributed by atoms with Crippen molar-refractivity contribution < 1.29 is 24.0 Å². The number of nitrogens with zero attached hydrogens (tertiary/aromatic N) is 3. The van der Waals surface area contributed by atoms with Gasteiger partial charge in [-0.1, -0.05) is 23.2 Å². The van der Waals surface area contributed by atoms with Crippen molar-refractivity contribution in [3.63, 3.8) is 0 Å². The second-order valence-corrected chi connectivity index (χ2v) is 12.8. The monoisotopic (exact) mass is 632 g/mol. The van der Waals surface area contributed by atoms with E-state index in [1.807, 2.05) is 0 Å². The molecular formula is C25H31BrCl2N4O6. The van der Waals surface area contributed by atoms with E-state index in [4.69, 9.17) is 32.7 Å². The number of carbonyl (C=O) groups excluding carboxylic acids is 2. The van der Waals surface area contributed by atoms with E-state index in [1.54, 1.807) is 53.7 Å². The number of rotatable bonds is 5. The maximum atomic E-state index is 13.0. The zero-order valence-corrected chi connectivity index (χ0v) is 25.2. The first-order valence-corrected chi connectivity index (χ1v) is 13.6. The predicted octanol–water partition coefficient (Wildman–Crippen LogP) is 7.12. The van der Waals surface area contributed by atoms with Gasteiger partial charge in [-0.05, 0) is 82.4 Å². The summed E-state index contributed by atoms with van der Waals surface area (Å²) < 4.78 is 11.6. The molecule has 1 aromatic carbocycles. The number of esters is 1. The third-order valence-electron chi connectivity index (χ3n) is 5.66. The summed E-state index contributed by atoms with van der Waals surface area (Å²) in [5.41, 5.74) is -1.21. The van der Waals surface area contributed by atoms with Crippen molar-refractivity contribution in [2.75, 3.05) is 11.9 Å². The number of hydrogen-bond acceptors (Lipinski definition) is 8.